The van der Waals surface area contributed by atoms with E-state index < -0.39 is 5.97 Å². The Morgan fingerprint density at radius 1 is 0.968 bits per heavy atom. The fourth-order valence-corrected chi connectivity index (χ4v) is 3.34. The van der Waals surface area contributed by atoms with Crippen LogP contribution in [0.25, 0.3) is 28.7 Å². The lowest BCUT2D eigenvalue weighted by atomic mass is 10.1. The second kappa shape index (κ2) is 8.28. The van der Waals surface area contributed by atoms with Gasteiger partial charge in [0.2, 0.25) is 0 Å². The Kier molecular flexibility index (Phi) is 5.37. The number of hydrogen-bond acceptors (Lipinski definition) is 4. The van der Waals surface area contributed by atoms with Crippen LogP contribution in [0.3, 0.4) is 0 Å². The first-order valence-corrected chi connectivity index (χ1v) is 9.75. The lowest BCUT2D eigenvalue weighted by Gasteiger charge is -2.13. The topological polar surface area (TPSA) is 75.4 Å². The van der Waals surface area contributed by atoms with Crippen molar-refractivity contribution in [1.82, 2.24) is 9.55 Å². The van der Waals surface area contributed by atoms with Gasteiger partial charge in [0.15, 0.2) is 0 Å². The highest BCUT2D eigenvalue weighted by Gasteiger charge is 2.13. The number of carbonyl (C=O) groups is 1. The molecule has 0 aliphatic rings. The van der Waals surface area contributed by atoms with Crippen LogP contribution in [-0.2, 0) is 0 Å². The molecule has 154 valence electrons. The predicted molar refractivity (Wildman–Crippen MR) is 124 cm³/mol. The summed E-state index contributed by atoms with van der Waals surface area (Å²) in [5, 5.41) is 9.83. The highest BCUT2D eigenvalue weighted by molar-refractivity contribution is 5.88. The molecule has 0 spiro atoms. The maximum Gasteiger partial charge on any atom is 0.335 e. The van der Waals surface area contributed by atoms with Crippen LogP contribution in [0, 0.1) is 0 Å². The van der Waals surface area contributed by atoms with Crippen LogP contribution in [0.5, 0.6) is 0 Å². The smallest absolute Gasteiger partial charge is 0.335 e. The average Bonchev–Trinajstić information content (AvgIpc) is 2.78. The Balaban J connectivity index is 1.87. The van der Waals surface area contributed by atoms with E-state index in [9.17, 15) is 14.7 Å². The number of aromatic carboxylic acids is 1. The first-order chi connectivity index (χ1) is 14.9. The summed E-state index contributed by atoms with van der Waals surface area (Å²) in [6.07, 6.45) is 3.65. The van der Waals surface area contributed by atoms with Crippen LogP contribution in [0.4, 0.5) is 5.69 Å². The fraction of sp³-hybridized carbons (Fsp3) is 0.0800. The van der Waals surface area contributed by atoms with Gasteiger partial charge in [-0.05, 0) is 54.1 Å². The van der Waals surface area contributed by atoms with Gasteiger partial charge < -0.3 is 10.0 Å². The first kappa shape index (κ1) is 20.1. The van der Waals surface area contributed by atoms with Crippen molar-refractivity contribution in [1.29, 1.82) is 0 Å². The number of hydrogen-bond donors (Lipinski definition) is 1. The Morgan fingerprint density at radius 2 is 1.71 bits per heavy atom. The number of carboxylic acids is 1. The number of nitrogens with zero attached hydrogens (tertiary/aromatic N) is 3. The van der Waals surface area contributed by atoms with E-state index in [1.165, 1.54) is 16.7 Å². The zero-order valence-electron chi connectivity index (χ0n) is 17.2. The molecule has 0 amide bonds. The van der Waals surface area contributed by atoms with Crippen molar-refractivity contribution < 1.29 is 9.90 Å². The minimum absolute atomic E-state index is 0.103. The fourth-order valence-electron chi connectivity index (χ4n) is 3.34. The summed E-state index contributed by atoms with van der Waals surface area (Å²) in [5.41, 5.74) is 2.93. The summed E-state index contributed by atoms with van der Waals surface area (Å²) in [5.74, 6) is -0.635. The lowest BCUT2D eigenvalue weighted by Crippen LogP contribution is -2.22. The van der Waals surface area contributed by atoms with Crippen molar-refractivity contribution in [2.45, 2.75) is 0 Å². The molecular weight excluding hydrogens is 390 g/mol. The monoisotopic (exact) mass is 411 g/mol. The molecule has 4 aromatic rings. The van der Waals surface area contributed by atoms with Gasteiger partial charge in [-0.3, -0.25) is 9.36 Å². The average molecular weight is 411 g/mol. The summed E-state index contributed by atoms with van der Waals surface area (Å²) < 4.78 is 1.44. The third-order valence-corrected chi connectivity index (χ3v) is 4.99. The maximum atomic E-state index is 13.3. The highest BCUT2D eigenvalue weighted by atomic mass is 16.4. The molecule has 0 aliphatic heterocycles. The van der Waals surface area contributed by atoms with Crippen molar-refractivity contribution in [3.05, 3.63) is 100 Å². The molecule has 31 heavy (non-hydrogen) atoms. The largest absolute Gasteiger partial charge is 0.478 e. The van der Waals surface area contributed by atoms with E-state index in [1.54, 1.807) is 36.4 Å². The van der Waals surface area contributed by atoms with E-state index in [4.69, 9.17) is 0 Å². The summed E-state index contributed by atoms with van der Waals surface area (Å²) in [4.78, 5) is 31.4. The van der Waals surface area contributed by atoms with Gasteiger partial charge in [-0.25, -0.2) is 9.78 Å². The summed E-state index contributed by atoms with van der Waals surface area (Å²) in [6, 6.07) is 21.4. The number of benzene rings is 3. The van der Waals surface area contributed by atoms with Crippen LogP contribution in [-0.4, -0.2) is 34.7 Å². The van der Waals surface area contributed by atoms with Gasteiger partial charge in [0.05, 0.1) is 22.2 Å². The van der Waals surface area contributed by atoms with Crippen LogP contribution in [0.15, 0.2) is 77.6 Å². The lowest BCUT2D eigenvalue weighted by molar-refractivity contribution is 0.0697. The Labute approximate surface area is 179 Å². The molecule has 0 saturated heterocycles. The molecule has 1 heterocycles. The van der Waals surface area contributed by atoms with E-state index in [-0.39, 0.29) is 11.1 Å². The van der Waals surface area contributed by atoms with Crippen LogP contribution >= 0.6 is 0 Å². The van der Waals surface area contributed by atoms with Crippen LogP contribution in [0.2, 0.25) is 0 Å². The molecule has 0 aliphatic carbocycles. The molecule has 1 aromatic heterocycles. The van der Waals surface area contributed by atoms with Gasteiger partial charge in [-0.1, -0.05) is 36.4 Å². The number of anilines is 1. The van der Waals surface area contributed by atoms with Gasteiger partial charge in [0.1, 0.15) is 5.82 Å². The zero-order chi connectivity index (χ0) is 22.0. The Bertz CT molecular complexity index is 1350. The Morgan fingerprint density at radius 3 is 2.42 bits per heavy atom. The van der Waals surface area contributed by atoms with Crippen molar-refractivity contribution in [3.63, 3.8) is 0 Å². The van der Waals surface area contributed by atoms with E-state index in [1.807, 2.05) is 55.4 Å². The van der Waals surface area contributed by atoms with Crippen molar-refractivity contribution in [2.75, 3.05) is 19.0 Å². The van der Waals surface area contributed by atoms with Crippen molar-refractivity contribution >= 4 is 34.7 Å². The van der Waals surface area contributed by atoms with E-state index in [0.29, 0.717) is 22.4 Å². The standard InChI is InChI=1S/C25H21N3O3/c1-27(2)19-13-10-17(11-14-19)12-15-23-26-22-9-4-3-8-21(22)24(29)28(23)20-7-5-6-18(16-20)25(30)31/h3-16H,1-2H3,(H,30,31). The molecular formula is C25H21N3O3. The normalized spacial score (nSPS) is 11.2. The second-order valence-electron chi connectivity index (χ2n) is 7.30. The third-order valence-electron chi connectivity index (χ3n) is 4.99. The molecule has 0 radical (unpaired) electrons. The second-order valence-corrected chi connectivity index (χ2v) is 7.30. The molecule has 6 nitrogen and oxygen atoms in total. The van der Waals surface area contributed by atoms with Gasteiger partial charge in [-0.2, -0.15) is 0 Å². The minimum Gasteiger partial charge on any atom is -0.478 e. The molecule has 6 heteroatoms. The molecule has 4 rings (SSSR count). The third kappa shape index (κ3) is 4.09. The first-order valence-electron chi connectivity index (χ1n) is 9.75. The van der Waals surface area contributed by atoms with E-state index >= 15 is 0 Å². The quantitative estimate of drug-likeness (QED) is 0.529. The van der Waals surface area contributed by atoms with Crippen LogP contribution < -0.4 is 10.5 Å². The Hall–Kier alpha value is -4.19. The van der Waals surface area contributed by atoms with Gasteiger partial charge >= 0.3 is 5.97 Å². The molecule has 0 fully saturated rings. The SMILES string of the molecule is CN(C)c1ccc(C=Cc2nc3ccccc3c(=O)n2-c2cccc(C(=O)O)c2)cc1. The number of para-hydroxylation sites is 1. The highest BCUT2D eigenvalue weighted by Crippen LogP contribution is 2.18. The molecule has 0 bridgehead atoms. The molecule has 0 saturated carbocycles. The molecule has 3 aromatic carbocycles. The van der Waals surface area contributed by atoms with Gasteiger partial charge in [-0.15, -0.1) is 0 Å². The molecule has 1 N–H and O–H groups in total. The molecule has 0 unspecified atom stereocenters. The zero-order valence-corrected chi connectivity index (χ0v) is 17.2. The van der Waals surface area contributed by atoms with Crippen molar-refractivity contribution in [3.8, 4) is 5.69 Å². The molecule has 0 atom stereocenters. The van der Waals surface area contributed by atoms with E-state index in [0.717, 1.165) is 11.3 Å². The van der Waals surface area contributed by atoms with Crippen LogP contribution in [0.1, 0.15) is 21.7 Å². The van der Waals surface area contributed by atoms with Gasteiger partial charge in [0.25, 0.3) is 5.56 Å². The van der Waals surface area contributed by atoms with Crippen molar-refractivity contribution in [2.24, 2.45) is 0 Å². The predicted octanol–water partition coefficient (Wildman–Crippen LogP) is 4.32. The summed E-state index contributed by atoms with van der Waals surface area (Å²) in [6.45, 7) is 0. The number of rotatable bonds is 5. The number of fused-ring (bicyclic) bond motifs is 1. The summed E-state index contributed by atoms with van der Waals surface area (Å²) >= 11 is 0. The van der Waals surface area contributed by atoms with Gasteiger partial charge in [0, 0.05) is 19.8 Å². The van der Waals surface area contributed by atoms with E-state index in [2.05, 4.69) is 4.98 Å². The number of aromatic nitrogens is 2. The minimum atomic E-state index is -1.05. The maximum absolute atomic E-state index is 13.3. The summed E-state index contributed by atoms with van der Waals surface area (Å²) in [7, 11) is 3.96. The number of carboxylic acid groups (broad SMARTS) is 1.